The average molecular weight is 464 g/mol. The third-order valence-electron chi connectivity index (χ3n) is 5.55. The number of hydrogen-bond donors (Lipinski definition) is 2. The van der Waals surface area contributed by atoms with Gasteiger partial charge in [0.15, 0.2) is 0 Å². The van der Waals surface area contributed by atoms with E-state index in [1.54, 1.807) is 60.4 Å². The predicted molar refractivity (Wildman–Crippen MR) is 126 cm³/mol. The van der Waals surface area contributed by atoms with Gasteiger partial charge in [0.2, 0.25) is 11.8 Å². The minimum absolute atomic E-state index is 0.0843. The Balaban J connectivity index is 1.63. The molecule has 0 unspecified atom stereocenters. The first-order valence-corrected chi connectivity index (χ1v) is 11.8. The molecule has 4 rings (SSSR count). The van der Waals surface area contributed by atoms with Gasteiger partial charge in [-0.25, -0.2) is 0 Å². The Hall–Kier alpha value is -3.59. The van der Waals surface area contributed by atoms with Crippen molar-refractivity contribution in [2.75, 3.05) is 11.4 Å². The molecule has 8 nitrogen and oxygen atoms in total. The zero-order valence-electron chi connectivity index (χ0n) is 18.0. The lowest BCUT2D eigenvalue weighted by Gasteiger charge is -2.32. The van der Waals surface area contributed by atoms with Crippen molar-refractivity contribution in [3.8, 4) is 0 Å². The summed E-state index contributed by atoms with van der Waals surface area (Å²) in [6.07, 6.45) is 10.3. The van der Waals surface area contributed by atoms with Crippen LogP contribution in [0.5, 0.6) is 0 Å². The van der Waals surface area contributed by atoms with E-state index in [1.165, 1.54) is 22.4 Å². The van der Waals surface area contributed by atoms with Gasteiger partial charge in [-0.3, -0.25) is 29.3 Å². The zero-order chi connectivity index (χ0) is 23.0. The average Bonchev–Trinajstić information content (AvgIpc) is 3.56. The van der Waals surface area contributed by atoms with Gasteiger partial charge in [-0.1, -0.05) is 25.0 Å². The summed E-state index contributed by atoms with van der Waals surface area (Å²) < 4.78 is 0. The molecule has 0 aromatic carbocycles. The summed E-state index contributed by atoms with van der Waals surface area (Å²) in [6.45, 7) is -0.265. The predicted octanol–water partition coefficient (Wildman–Crippen LogP) is 3.10. The third-order valence-corrected chi connectivity index (χ3v) is 6.41. The van der Waals surface area contributed by atoms with E-state index in [1.807, 2.05) is 0 Å². The Labute approximate surface area is 196 Å². The van der Waals surface area contributed by atoms with Gasteiger partial charge in [-0.2, -0.15) is 0 Å². The van der Waals surface area contributed by atoms with E-state index in [-0.39, 0.29) is 24.4 Å². The summed E-state index contributed by atoms with van der Waals surface area (Å²) in [5.41, 5.74) is 1.04. The van der Waals surface area contributed by atoms with Crippen LogP contribution in [0.2, 0.25) is 0 Å². The molecular formula is C24H25N5O3S. The van der Waals surface area contributed by atoms with Crippen molar-refractivity contribution in [3.05, 3.63) is 77.0 Å². The summed E-state index contributed by atoms with van der Waals surface area (Å²) in [7, 11) is 0. The lowest BCUT2D eigenvalue weighted by molar-refractivity contribution is -0.126. The van der Waals surface area contributed by atoms with Crippen LogP contribution in [-0.2, 0) is 9.59 Å². The van der Waals surface area contributed by atoms with Gasteiger partial charge >= 0.3 is 0 Å². The quantitative estimate of drug-likeness (QED) is 0.534. The highest BCUT2D eigenvalue weighted by molar-refractivity contribution is 7.12. The lowest BCUT2D eigenvalue weighted by Crippen LogP contribution is -2.49. The van der Waals surface area contributed by atoms with Crippen molar-refractivity contribution in [2.45, 2.75) is 37.8 Å². The van der Waals surface area contributed by atoms with Crippen LogP contribution in [0.4, 0.5) is 5.69 Å². The maximum absolute atomic E-state index is 13.5. The fraction of sp³-hybridized carbons (Fsp3) is 0.292. The molecule has 33 heavy (non-hydrogen) atoms. The SMILES string of the molecule is O=C(NCC(=O)N(c1cccnc1)[C@@H](C(=O)NC1CCCC1)c1cccnc1)c1cccs1. The molecule has 0 aliphatic heterocycles. The van der Waals surface area contributed by atoms with Crippen molar-refractivity contribution in [1.29, 1.82) is 0 Å². The fourth-order valence-corrected chi connectivity index (χ4v) is 4.62. The van der Waals surface area contributed by atoms with Gasteiger partial charge in [0.1, 0.15) is 6.04 Å². The Morgan fingerprint density at radius 1 is 1.03 bits per heavy atom. The van der Waals surface area contributed by atoms with Crippen molar-refractivity contribution in [1.82, 2.24) is 20.6 Å². The summed E-state index contributed by atoms with van der Waals surface area (Å²) in [6, 6.07) is 9.53. The van der Waals surface area contributed by atoms with Gasteiger partial charge in [0.05, 0.1) is 23.3 Å². The number of carbonyl (C=O) groups excluding carboxylic acids is 3. The van der Waals surface area contributed by atoms with Crippen LogP contribution in [0.3, 0.4) is 0 Å². The standard InChI is InChI=1S/C24H25N5O3S/c30-21(16-27-23(31)20-10-5-13-33-20)29(19-9-4-12-26-15-19)22(17-6-3-11-25-14-17)24(32)28-18-7-1-2-8-18/h3-6,9-15,18,22H,1-2,7-8,16H2,(H,27,31)(H,28,32)/t22-/m1/s1. The van der Waals surface area contributed by atoms with Crippen molar-refractivity contribution in [2.24, 2.45) is 0 Å². The number of nitrogens with zero attached hydrogens (tertiary/aromatic N) is 3. The Kier molecular flexibility index (Phi) is 7.41. The second-order valence-corrected chi connectivity index (χ2v) is 8.76. The van der Waals surface area contributed by atoms with E-state index in [2.05, 4.69) is 20.6 Å². The highest BCUT2D eigenvalue weighted by Gasteiger charge is 2.34. The lowest BCUT2D eigenvalue weighted by atomic mass is 10.0. The van der Waals surface area contributed by atoms with Gasteiger partial charge in [0, 0.05) is 30.2 Å². The molecule has 3 heterocycles. The molecule has 3 amide bonds. The van der Waals surface area contributed by atoms with Crippen LogP contribution in [0.25, 0.3) is 0 Å². The van der Waals surface area contributed by atoms with Crippen molar-refractivity contribution >= 4 is 34.7 Å². The molecule has 9 heteroatoms. The van der Waals surface area contributed by atoms with E-state index in [9.17, 15) is 14.4 Å². The normalized spacial score (nSPS) is 14.4. The Morgan fingerprint density at radius 2 is 1.79 bits per heavy atom. The molecule has 1 atom stereocenters. The molecule has 1 aliphatic carbocycles. The van der Waals surface area contributed by atoms with E-state index >= 15 is 0 Å². The van der Waals surface area contributed by atoms with Crippen molar-refractivity contribution in [3.63, 3.8) is 0 Å². The van der Waals surface area contributed by atoms with Gasteiger partial charge < -0.3 is 10.6 Å². The molecule has 3 aromatic rings. The van der Waals surface area contributed by atoms with Crippen LogP contribution in [0.1, 0.15) is 47.0 Å². The smallest absolute Gasteiger partial charge is 0.261 e. The first-order chi connectivity index (χ1) is 16.1. The van der Waals surface area contributed by atoms with E-state index in [4.69, 9.17) is 0 Å². The summed E-state index contributed by atoms with van der Waals surface area (Å²) in [4.78, 5) is 49.6. The highest BCUT2D eigenvalue weighted by atomic mass is 32.1. The van der Waals surface area contributed by atoms with Gasteiger partial charge in [-0.05, 0) is 42.5 Å². The first-order valence-electron chi connectivity index (χ1n) is 10.9. The topological polar surface area (TPSA) is 104 Å². The van der Waals surface area contributed by atoms with Crippen molar-refractivity contribution < 1.29 is 14.4 Å². The maximum Gasteiger partial charge on any atom is 0.261 e. The van der Waals surface area contributed by atoms with Gasteiger partial charge in [-0.15, -0.1) is 11.3 Å². The molecule has 2 N–H and O–H groups in total. The third kappa shape index (κ3) is 5.61. The summed E-state index contributed by atoms with van der Waals surface area (Å²) >= 11 is 1.29. The number of carbonyl (C=O) groups is 3. The monoisotopic (exact) mass is 463 g/mol. The first kappa shape index (κ1) is 22.6. The molecule has 0 spiro atoms. The highest BCUT2D eigenvalue weighted by Crippen LogP contribution is 2.28. The molecule has 0 saturated heterocycles. The number of thiophene rings is 1. The van der Waals surface area contributed by atoms with Gasteiger partial charge in [0.25, 0.3) is 5.91 Å². The molecule has 0 bridgehead atoms. The number of amides is 3. The number of hydrogen-bond acceptors (Lipinski definition) is 6. The van der Waals surface area contributed by atoms with Crippen LogP contribution >= 0.6 is 11.3 Å². The van der Waals surface area contributed by atoms with E-state index in [0.29, 0.717) is 16.1 Å². The largest absolute Gasteiger partial charge is 0.351 e. The second-order valence-electron chi connectivity index (χ2n) is 7.81. The summed E-state index contributed by atoms with van der Waals surface area (Å²) in [5, 5.41) is 7.57. The molecular weight excluding hydrogens is 438 g/mol. The number of rotatable bonds is 8. The molecule has 1 aliphatic rings. The van der Waals surface area contributed by atoms with Crippen LogP contribution in [-0.4, -0.2) is 40.3 Å². The second kappa shape index (κ2) is 10.8. The van der Waals surface area contributed by atoms with Crippen LogP contribution < -0.4 is 15.5 Å². The molecule has 0 radical (unpaired) electrons. The Morgan fingerprint density at radius 3 is 2.42 bits per heavy atom. The number of aromatic nitrogens is 2. The summed E-state index contributed by atoms with van der Waals surface area (Å²) in [5.74, 6) is -1.04. The Bertz CT molecular complexity index is 1070. The molecule has 170 valence electrons. The molecule has 1 saturated carbocycles. The van der Waals surface area contributed by atoms with Crippen LogP contribution in [0, 0.1) is 0 Å². The number of pyridine rings is 2. The molecule has 1 fully saturated rings. The van der Waals surface area contributed by atoms with Crippen LogP contribution in [0.15, 0.2) is 66.6 Å². The maximum atomic E-state index is 13.5. The minimum atomic E-state index is -0.949. The van der Waals surface area contributed by atoms with E-state index in [0.717, 1.165) is 25.7 Å². The fourth-order valence-electron chi connectivity index (χ4n) is 3.97. The number of anilines is 1. The number of nitrogens with one attached hydrogen (secondary N) is 2. The van der Waals surface area contributed by atoms with E-state index < -0.39 is 11.9 Å². The minimum Gasteiger partial charge on any atom is -0.351 e. The zero-order valence-corrected chi connectivity index (χ0v) is 18.8. The molecule has 3 aromatic heterocycles.